The van der Waals surface area contributed by atoms with E-state index in [2.05, 4.69) is 45.0 Å². The molecular formula is C26H19N3O2S. The minimum atomic E-state index is -3.72. The molecule has 1 aromatic heterocycles. The van der Waals surface area contributed by atoms with Gasteiger partial charge in [0.1, 0.15) is 5.82 Å². The minimum absolute atomic E-state index is 0.151. The Bertz CT molecular complexity index is 1490. The molecule has 0 radical (unpaired) electrons. The fourth-order valence-corrected chi connectivity index (χ4v) is 4.67. The lowest BCUT2D eigenvalue weighted by atomic mass is 9.97. The van der Waals surface area contributed by atoms with Gasteiger partial charge in [-0.2, -0.15) is 0 Å². The Morgan fingerprint density at radius 2 is 1.38 bits per heavy atom. The lowest BCUT2D eigenvalue weighted by Crippen LogP contribution is -2.13. The molecule has 0 saturated heterocycles. The van der Waals surface area contributed by atoms with Crippen LogP contribution in [0.5, 0.6) is 0 Å². The maximum Gasteiger partial charge on any atom is 0.263 e. The van der Waals surface area contributed by atoms with Crippen LogP contribution >= 0.6 is 0 Å². The molecule has 0 aliphatic heterocycles. The molecule has 32 heavy (non-hydrogen) atoms. The van der Waals surface area contributed by atoms with E-state index >= 15 is 0 Å². The van der Waals surface area contributed by atoms with Crippen LogP contribution in [-0.2, 0) is 10.0 Å². The van der Waals surface area contributed by atoms with Gasteiger partial charge in [-0.05, 0) is 64.0 Å². The van der Waals surface area contributed by atoms with E-state index in [9.17, 15) is 8.42 Å². The van der Waals surface area contributed by atoms with Crippen LogP contribution in [0, 0.1) is 0 Å². The third-order valence-corrected chi connectivity index (χ3v) is 6.58. The van der Waals surface area contributed by atoms with Gasteiger partial charge in [-0.15, -0.1) is 0 Å². The van der Waals surface area contributed by atoms with Gasteiger partial charge in [-0.3, -0.25) is 9.71 Å². The van der Waals surface area contributed by atoms with Gasteiger partial charge in [0.15, 0.2) is 0 Å². The summed E-state index contributed by atoms with van der Waals surface area (Å²) in [7, 11) is -3.72. The quantitative estimate of drug-likeness (QED) is 0.273. The number of aromatic nitrogens is 1. The lowest BCUT2D eigenvalue weighted by Gasteiger charge is -2.08. The minimum Gasteiger partial charge on any atom is -0.263 e. The average molecular weight is 438 g/mol. The Morgan fingerprint density at radius 1 is 0.750 bits per heavy atom. The van der Waals surface area contributed by atoms with Gasteiger partial charge >= 0.3 is 0 Å². The van der Waals surface area contributed by atoms with Crippen LogP contribution in [0.25, 0.3) is 21.5 Å². The summed E-state index contributed by atoms with van der Waals surface area (Å²) in [6.45, 7) is 0. The predicted molar refractivity (Wildman–Crippen MR) is 130 cm³/mol. The summed E-state index contributed by atoms with van der Waals surface area (Å²) >= 11 is 0. The van der Waals surface area contributed by atoms with Crippen molar-refractivity contribution < 1.29 is 8.42 Å². The highest BCUT2D eigenvalue weighted by molar-refractivity contribution is 7.92. The third-order valence-electron chi connectivity index (χ3n) is 5.21. The first-order valence-electron chi connectivity index (χ1n) is 10.1. The van der Waals surface area contributed by atoms with Crippen LogP contribution < -0.4 is 4.72 Å². The summed E-state index contributed by atoms with van der Waals surface area (Å²) in [6.07, 6.45) is 3.38. The van der Waals surface area contributed by atoms with E-state index in [0.717, 1.165) is 27.1 Å². The zero-order chi connectivity index (χ0) is 22.0. The lowest BCUT2D eigenvalue weighted by molar-refractivity contribution is 0.601. The summed E-state index contributed by atoms with van der Waals surface area (Å²) in [5.41, 5.74) is 1.70. The topological polar surface area (TPSA) is 71.4 Å². The number of pyridine rings is 1. The number of aliphatic imine (C=N–C) groups is 1. The van der Waals surface area contributed by atoms with E-state index in [-0.39, 0.29) is 10.7 Å². The van der Waals surface area contributed by atoms with Crippen molar-refractivity contribution in [3.63, 3.8) is 0 Å². The molecule has 1 N–H and O–H groups in total. The van der Waals surface area contributed by atoms with E-state index in [1.165, 1.54) is 6.20 Å². The smallest absolute Gasteiger partial charge is 0.263 e. The predicted octanol–water partition coefficient (Wildman–Crippen LogP) is 5.94. The number of anilines is 1. The number of hydrogen-bond donors (Lipinski definition) is 1. The molecule has 6 heteroatoms. The first-order valence-corrected chi connectivity index (χ1v) is 11.6. The van der Waals surface area contributed by atoms with Crippen molar-refractivity contribution in [2.75, 3.05) is 4.72 Å². The second-order valence-corrected chi connectivity index (χ2v) is 8.99. The van der Waals surface area contributed by atoms with E-state index in [1.807, 2.05) is 30.5 Å². The maximum absolute atomic E-state index is 12.6. The van der Waals surface area contributed by atoms with Gasteiger partial charge in [-0.1, -0.05) is 54.6 Å². The molecule has 0 atom stereocenters. The highest BCUT2D eigenvalue weighted by atomic mass is 32.2. The number of rotatable bonds is 5. The van der Waals surface area contributed by atoms with E-state index < -0.39 is 10.0 Å². The van der Waals surface area contributed by atoms with Crippen LogP contribution in [0.2, 0.25) is 0 Å². The Morgan fingerprint density at radius 3 is 2.00 bits per heavy atom. The normalized spacial score (nSPS) is 11.9. The zero-order valence-electron chi connectivity index (χ0n) is 17.0. The van der Waals surface area contributed by atoms with Gasteiger partial charge in [0.05, 0.1) is 10.6 Å². The number of benzene rings is 4. The monoisotopic (exact) mass is 437 g/mol. The molecule has 0 spiro atoms. The average Bonchev–Trinajstić information content (AvgIpc) is 2.82. The third kappa shape index (κ3) is 3.96. The van der Waals surface area contributed by atoms with Crippen LogP contribution in [-0.4, -0.2) is 19.6 Å². The van der Waals surface area contributed by atoms with Gasteiger partial charge in [0.25, 0.3) is 10.0 Å². The Labute approximate surface area is 186 Å². The Kier molecular flexibility index (Phi) is 5.13. The SMILES string of the molecule is O=S(=O)(Nc1ccccn1)c1ccc(N=Cc2c3ccccc3cc3ccccc23)cc1. The standard InChI is InChI=1S/C26H19N3O2S/c30-32(31,29-26-11-5-6-16-27-26)22-14-12-21(13-15-22)28-18-25-23-9-3-1-7-19(23)17-20-8-2-4-10-24(20)25/h1-18H,(H,27,29). The number of fused-ring (bicyclic) bond motifs is 2. The Balaban J connectivity index is 1.47. The highest BCUT2D eigenvalue weighted by Crippen LogP contribution is 2.28. The molecular weight excluding hydrogens is 418 g/mol. The summed E-state index contributed by atoms with van der Waals surface area (Å²) in [5, 5.41) is 4.53. The first-order chi connectivity index (χ1) is 15.6. The maximum atomic E-state index is 12.6. The summed E-state index contributed by atoms with van der Waals surface area (Å²) in [6, 6.07) is 30.1. The van der Waals surface area contributed by atoms with E-state index in [1.54, 1.807) is 42.5 Å². The fourth-order valence-electron chi connectivity index (χ4n) is 3.66. The zero-order valence-corrected chi connectivity index (χ0v) is 17.8. The molecule has 5 nitrogen and oxygen atoms in total. The molecule has 0 saturated carbocycles. The molecule has 0 aliphatic rings. The summed E-state index contributed by atoms with van der Waals surface area (Å²) < 4.78 is 27.7. The number of sulfonamides is 1. The summed E-state index contributed by atoms with van der Waals surface area (Å²) in [4.78, 5) is 8.79. The molecule has 4 aromatic carbocycles. The van der Waals surface area contributed by atoms with E-state index in [0.29, 0.717) is 5.69 Å². The second kappa shape index (κ2) is 8.24. The van der Waals surface area contributed by atoms with Crippen LogP contribution in [0.3, 0.4) is 0 Å². The molecule has 5 rings (SSSR count). The number of hydrogen-bond acceptors (Lipinski definition) is 4. The van der Waals surface area contributed by atoms with Crippen molar-refractivity contribution in [1.82, 2.24) is 4.98 Å². The molecule has 0 unspecified atom stereocenters. The molecule has 0 amide bonds. The van der Waals surface area contributed by atoms with Gasteiger partial charge in [0.2, 0.25) is 0 Å². The van der Waals surface area contributed by atoms with Crippen molar-refractivity contribution in [1.29, 1.82) is 0 Å². The van der Waals surface area contributed by atoms with Crippen molar-refractivity contribution in [3.8, 4) is 0 Å². The summed E-state index contributed by atoms with van der Waals surface area (Å²) in [5.74, 6) is 0.275. The molecule has 5 aromatic rings. The van der Waals surface area contributed by atoms with Crippen LogP contribution in [0.4, 0.5) is 11.5 Å². The Hall–Kier alpha value is -4.03. The van der Waals surface area contributed by atoms with Crippen molar-refractivity contribution in [2.24, 2.45) is 4.99 Å². The van der Waals surface area contributed by atoms with Crippen LogP contribution in [0.15, 0.2) is 113 Å². The molecule has 1 heterocycles. The van der Waals surface area contributed by atoms with E-state index in [4.69, 9.17) is 0 Å². The molecule has 0 fully saturated rings. The van der Waals surface area contributed by atoms with Gasteiger partial charge in [0, 0.05) is 18.0 Å². The molecule has 156 valence electrons. The van der Waals surface area contributed by atoms with Gasteiger partial charge in [-0.25, -0.2) is 13.4 Å². The number of nitrogens with zero attached hydrogens (tertiary/aromatic N) is 2. The van der Waals surface area contributed by atoms with Crippen LogP contribution in [0.1, 0.15) is 5.56 Å². The van der Waals surface area contributed by atoms with Gasteiger partial charge < -0.3 is 0 Å². The van der Waals surface area contributed by atoms with Crippen molar-refractivity contribution in [2.45, 2.75) is 4.90 Å². The second-order valence-electron chi connectivity index (χ2n) is 7.31. The van der Waals surface area contributed by atoms with Crippen molar-refractivity contribution >= 4 is 49.3 Å². The van der Waals surface area contributed by atoms with Crippen molar-refractivity contribution in [3.05, 3.63) is 109 Å². The highest BCUT2D eigenvalue weighted by Gasteiger charge is 2.14. The fraction of sp³-hybridized carbons (Fsp3) is 0. The molecule has 0 aliphatic carbocycles. The molecule has 0 bridgehead atoms. The largest absolute Gasteiger partial charge is 0.263 e. The number of nitrogens with one attached hydrogen (secondary N) is 1. The first kappa shape index (κ1) is 19.9.